The van der Waals surface area contributed by atoms with Crippen LogP contribution in [0.25, 0.3) is 0 Å². The summed E-state index contributed by atoms with van der Waals surface area (Å²) >= 11 is 0. The summed E-state index contributed by atoms with van der Waals surface area (Å²) in [6.07, 6.45) is 8.81. The third-order valence-corrected chi connectivity index (χ3v) is 2.80. The van der Waals surface area contributed by atoms with Crippen LogP contribution in [-0.4, -0.2) is 11.2 Å². The van der Waals surface area contributed by atoms with Gasteiger partial charge in [-0.15, -0.1) is 0 Å². The summed E-state index contributed by atoms with van der Waals surface area (Å²) in [6.45, 7) is 2.23. The largest absolute Gasteiger partial charge is 0.393 e. The topological polar surface area (TPSA) is 20.2 Å². The second-order valence-electron chi connectivity index (χ2n) is 3.75. The molecule has 1 aliphatic carbocycles. The molecule has 1 heteroatoms. The van der Waals surface area contributed by atoms with Crippen LogP contribution < -0.4 is 0 Å². The first-order valence-electron chi connectivity index (χ1n) is 5.02. The lowest BCUT2D eigenvalue weighted by Crippen LogP contribution is -2.12. The van der Waals surface area contributed by atoms with Gasteiger partial charge in [-0.25, -0.2) is 0 Å². The van der Waals surface area contributed by atoms with Gasteiger partial charge in [0.25, 0.3) is 0 Å². The molecule has 0 aromatic heterocycles. The minimum Gasteiger partial charge on any atom is -0.393 e. The van der Waals surface area contributed by atoms with Crippen LogP contribution >= 0.6 is 0 Å². The molecule has 0 spiro atoms. The van der Waals surface area contributed by atoms with Gasteiger partial charge in [-0.1, -0.05) is 32.6 Å². The SMILES string of the molecule is CCCCC[C@H]1CCC[C@@H]1O. The molecule has 0 unspecified atom stereocenters. The minimum atomic E-state index is 0.0341. The van der Waals surface area contributed by atoms with Gasteiger partial charge >= 0.3 is 0 Å². The molecule has 2 atom stereocenters. The zero-order valence-electron chi connectivity index (χ0n) is 7.55. The number of aliphatic hydroxyl groups is 1. The molecule has 0 heterocycles. The number of unbranched alkanes of at least 4 members (excludes halogenated alkanes) is 2. The maximum atomic E-state index is 9.49. The van der Waals surface area contributed by atoms with E-state index in [1.807, 2.05) is 0 Å². The van der Waals surface area contributed by atoms with Crippen LogP contribution in [0.4, 0.5) is 0 Å². The van der Waals surface area contributed by atoms with E-state index < -0.39 is 0 Å². The molecule has 1 N–H and O–H groups in total. The van der Waals surface area contributed by atoms with Gasteiger partial charge in [-0.2, -0.15) is 0 Å². The highest BCUT2D eigenvalue weighted by Gasteiger charge is 2.23. The van der Waals surface area contributed by atoms with Crippen LogP contribution in [0.5, 0.6) is 0 Å². The zero-order valence-corrected chi connectivity index (χ0v) is 7.55. The maximum Gasteiger partial charge on any atom is 0.0568 e. The molecule has 0 saturated heterocycles. The van der Waals surface area contributed by atoms with Gasteiger partial charge in [0.2, 0.25) is 0 Å². The molecular weight excluding hydrogens is 136 g/mol. The van der Waals surface area contributed by atoms with Crippen molar-refractivity contribution in [3.63, 3.8) is 0 Å². The van der Waals surface area contributed by atoms with Crippen LogP contribution in [0.2, 0.25) is 0 Å². The van der Waals surface area contributed by atoms with Gasteiger partial charge in [0, 0.05) is 0 Å². The smallest absolute Gasteiger partial charge is 0.0568 e. The Morgan fingerprint density at radius 3 is 2.64 bits per heavy atom. The summed E-state index contributed by atoms with van der Waals surface area (Å²) in [6, 6.07) is 0. The molecule has 1 fully saturated rings. The average Bonchev–Trinajstić information content (AvgIpc) is 2.37. The van der Waals surface area contributed by atoms with Crippen LogP contribution in [0.1, 0.15) is 51.9 Å². The van der Waals surface area contributed by atoms with E-state index >= 15 is 0 Å². The van der Waals surface area contributed by atoms with E-state index in [1.165, 1.54) is 38.5 Å². The maximum absolute atomic E-state index is 9.49. The number of hydrogen-bond donors (Lipinski definition) is 1. The summed E-state index contributed by atoms with van der Waals surface area (Å²) < 4.78 is 0. The Bertz CT molecular complexity index is 101. The second-order valence-corrected chi connectivity index (χ2v) is 3.75. The van der Waals surface area contributed by atoms with Crippen LogP contribution in [-0.2, 0) is 0 Å². The van der Waals surface area contributed by atoms with Gasteiger partial charge in [0.05, 0.1) is 6.10 Å². The van der Waals surface area contributed by atoms with E-state index in [-0.39, 0.29) is 6.10 Å². The van der Waals surface area contributed by atoms with Gasteiger partial charge in [0.15, 0.2) is 0 Å². The predicted octanol–water partition coefficient (Wildman–Crippen LogP) is 2.73. The van der Waals surface area contributed by atoms with Gasteiger partial charge < -0.3 is 5.11 Å². The minimum absolute atomic E-state index is 0.0341. The molecular formula is C10H20O. The summed E-state index contributed by atoms with van der Waals surface area (Å²) in [4.78, 5) is 0. The van der Waals surface area contributed by atoms with E-state index in [2.05, 4.69) is 6.92 Å². The van der Waals surface area contributed by atoms with Crippen LogP contribution in [0.15, 0.2) is 0 Å². The molecule has 1 saturated carbocycles. The molecule has 11 heavy (non-hydrogen) atoms. The van der Waals surface area contributed by atoms with Crippen molar-refractivity contribution in [1.82, 2.24) is 0 Å². The summed E-state index contributed by atoms with van der Waals surface area (Å²) in [7, 11) is 0. The van der Waals surface area contributed by atoms with E-state index in [0.29, 0.717) is 5.92 Å². The first kappa shape index (κ1) is 9.05. The Morgan fingerprint density at radius 2 is 2.09 bits per heavy atom. The number of aliphatic hydroxyl groups excluding tert-OH is 1. The lowest BCUT2D eigenvalue weighted by atomic mass is 9.98. The first-order chi connectivity index (χ1) is 5.34. The Kier molecular flexibility index (Phi) is 3.92. The Labute approximate surface area is 69.8 Å². The van der Waals surface area contributed by atoms with E-state index in [9.17, 15) is 5.11 Å². The fourth-order valence-electron chi connectivity index (χ4n) is 2.01. The molecule has 0 aromatic carbocycles. The summed E-state index contributed by atoms with van der Waals surface area (Å²) in [5, 5.41) is 9.49. The highest BCUT2D eigenvalue weighted by atomic mass is 16.3. The Hall–Kier alpha value is -0.0400. The fourth-order valence-corrected chi connectivity index (χ4v) is 2.01. The lowest BCUT2D eigenvalue weighted by Gasteiger charge is -2.12. The Morgan fingerprint density at radius 1 is 1.27 bits per heavy atom. The van der Waals surface area contributed by atoms with E-state index in [4.69, 9.17) is 0 Å². The van der Waals surface area contributed by atoms with Crippen molar-refractivity contribution in [2.24, 2.45) is 5.92 Å². The highest BCUT2D eigenvalue weighted by molar-refractivity contribution is 4.76. The fraction of sp³-hybridized carbons (Fsp3) is 1.00. The lowest BCUT2D eigenvalue weighted by molar-refractivity contribution is 0.126. The molecule has 0 aliphatic heterocycles. The predicted molar refractivity (Wildman–Crippen MR) is 47.5 cm³/mol. The van der Waals surface area contributed by atoms with E-state index in [0.717, 1.165) is 6.42 Å². The molecule has 1 aliphatic rings. The standard InChI is InChI=1S/C10H20O/c1-2-3-4-6-9-7-5-8-10(9)11/h9-11H,2-8H2,1H3/t9-,10-/m0/s1. The van der Waals surface area contributed by atoms with Gasteiger partial charge in [-0.05, 0) is 25.2 Å². The van der Waals surface area contributed by atoms with Crippen molar-refractivity contribution in [2.75, 3.05) is 0 Å². The summed E-state index contributed by atoms with van der Waals surface area (Å²) in [5.74, 6) is 0.640. The molecule has 66 valence electrons. The van der Waals surface area contributed by atoms with E-state index in [1.54, 1.807) is 0 Å². The highest BCUT2D eigenvalue weighted by Crippen LogP contribution is 2.29. The van der Waals surface area contributed by atoms with Crippen molar-refractivity contribution in [2.45, 2.75) is 58.0 Å². The molecule has 0 amide bonds. The van der Waals surface area contributed by atoms with Crippen molar-refractivity contribution >= 4 is 0 Å². The van der Waals surface area contributed by atoms with Crippen LogP contribution in [0, 0.1) is 5.92 Å². The monoisotopic (exact) mass is 156 g/mol. The molecule has 1 rings (SSSR count). The quantitative estimate of drug-likeness (QED) is 0.620. The molecule has 0 radical (unpaired) electrons. The normalized spacial score (nSPS) is 31.1. The third kappa shape index (κ3) is 2.82. The number of hydrogen-bond acceptors (Lipinski definition) is 1. The zero-order chi connectivity index (χ0) is 8.10. The van der Waals surface area contributed by atoms with Gasteiger partial charge in [-0.3, -0.25) is 0 Å². The van der Waals surface area contributed by atoms with Crippen molar-refractivity contribution in [3.8, 4) is 0 Å². The molecule has 0 aromatic rings. The van der Waals surface area contributed by atoms with Crippen LogP contribution in [0.3, 0.4) is 0 Å². The third-order valence-electron chi connectivity index (χ3n) is 2.80. The molecule has 0 bridgehead atoms. The van der Waals surface area contributed by atoms with Crippen molar-refractivity contribution in [3.05, 3.63) is 0 Å². The van der Waals surface area contributed by atoms with Gasteiger partial charge in [0.1, 0.15) is 0 Å². The van der Waals surface area contributed by atoms with Crippen molar-refractivity contribution < 1.29 is 5.11 Å². The Balaban J connectivity index is 2.05. The first-order valence-corrected chi connectivity index (χ1v) is 5.02. The van der Waals surface area contributed by atoms with Crippen molar-refractivity contribution in [1.29, 1.82) is 0 Å². The molecule has 1 nitrogen and oxygen atoms in total. The number of rotatable bonds is 4. The average molecular weight is 156 g/mol. The second kappa shape index (κ2) is 4.76. The summed E-state index contributed by atoms with van der Waals surface area (Å²) in [5.41, 5.74) is 0.